The summed E-state index contributed by atoms with van der Waals surface area (Å²) in [6.45, 7) is 3.82. The van der Waals surface area contributed by atoms with Gasteiger partial charge in [0.25, 0.3) is 0 Å². The van der Waals surface area contributed by atoms with Gasteiger partial charge in [-0.1, -0.05) is 6.92 Å². The Bertz CT molecular complexity index is 580. The lowest BCUT2D eigenvalue weighted by molar-refractivity contribution is 0.142. The van der Waals surface area contributed by atoms with Crippen molar-refractivity contribution >= 4 is 31.6 Å². The van der Waals surface area contributed by atoms with E-state index >= 15 is 0 Å². The molecule has 0 aliphatic heterocycles. The maximum atomic E-state index is 13.9. The quantitative estimate of drug-likeness (QED) is 0.781. The molecule has 0 spiro atoms. The van der Waals surface area contributed by atoms with Gasteiger partial charge in [0.05, 0.1) is 6.61 Å². The van der Waals surface area contributed by atoms with E-state index in [0.29, 0.717) is 4.47 Å². The normalized spacial score (nSPS) is 13.7. The minimum Gasteiger partial charge on any atom is -0.398 e. The van der Waals surface area contributed by atoms with Crippen LogP contribution in [0.4, 0.5) is 10.1 Å². The summed E-state index contributed by atoms with van der Waals surface area (Å²) < 4.78 is 45.5. The highest BCUT2D eigenvalue weighted by molar-refractivity contribution is 9.10. The third kappa shape index (κ3) is 3.49. The Labute approximate surface area is 127 Å². The van der Waals surface area contributed by atoms with Crippen molar-refractivity contribution in [3.05, 3.63) is 22.4 Å². The molecule has 0 saturated heterocycles. The summed E-state index contributed by atoms with van der Waals surface area (Å²) in [5.41, 5.74) is 5.81. The molecule has 2 N–H and O–H groups in total. The lowest BCUT2D eigenvalue weighted by Gasteiger charge is -2.27. The van der Waals surface area contributed by atoms with Crippen LogP contribution in [0.3, 0.4) is 0 Å². The largest absolute Gasteiger partial charge is 0.398 e. The number of nitrogens with two attached hydrogens (primary N) is 1. The number of anilines is 1. The molecule has 0 amide bonds. The van der Waals surface area contributed by atoms with Gasteiger partial charge in [0.1, 0.15) is 10.7 Å². The zero-order valence-electron chi connectivity index (χ0n) is 11.6. The number of methoxy groups -OCH3 is 1. The summed E-state index contributed by atoms with van der Waals surface area (Å²) in [7, 11) is -2.48. The monoisotopic (exact) mass is 368 g/mol. The summed E-state index contributed by atoms with van der Waals surface area (Å²) in [5, 5.41) is 0. The fraction of sp³-hybridized carbons (Fsp3) is 0.500. The van der Waals surface area contributed by atoms with Crippen LogP contribution >= 0.6 is 15.9 Å². The highest BCUT2D eigenvalue weighted by atomic mass is 79.9. The van der Waals surface area contributed by atoms with Gasteiger partial charge in [-0.15, -0.1) is 0 Å². The van der Waals surface area contributed by atoms with Crippen LogP contribution in [0.5, 0.6) is 0 Å². The first-order valence-electron chi connectivity index (χ1n) is 6.01. The van der Waals surface area contributed by atoms with E-state index in [-0.39, 0.29) is 18.8 Å². The number of hydrogen-bond acceptors (Lipinski definition) is 4. The summed E-state index contributed by atoms with van der Waals surface area (Å²) in [6.07, 6.45) is 0. The lowest BCUT2D eigenvalue weighted by atomic mass is 10.3. The summed E-state index contributed by atoms with van der Waals surface area (Å²) in [4.78, 5) is -0.428. The molecular formula is C12H18BrFN2O3S. The van der Waals surface area contributed by atoms with Gasteiger partial charge in [0, 0.05) is 29.9 Å². The van der Waals surface area contributed by atoms with Crippen molar-refractivity contribution in [2.24, 2.45) is 0 Å². The van der Waals surface area contributed by atoms with E-state index in [4.69, 9.17) is 10.5 Å². The van der Waals surface area contributed by atoms with Crippen LogP contribution in [0.2, 0.25) is 0 Å². The average molecular weight is 369 g/mol. The van der Waals surface area contributed by atoms with Gasteiger partial charge in [-0.25, -0.2) is 12.8 Å². The van der Waals surface area contributed by atoms with Gasteiger partial charge >= 0.3 is 0 Å². The minimum atomic E-state index is -3.96. The van der Waals surface area contributed by atoms with Crippen molar-refractivity contribution in [2.75, 3.05) is 26.0 Å². The SMILES string of the molecule is CCN(C(C)COC)S(=O)(=O)c1cc(N)c(Br)cc1F. The highest BCUT2D eigenvalue weighted by Crippen LogP contribution is 2.28. The van der Waals surface area contributed by atoms with Crippen LogP contribution in [0.15, 0.2) is 21.5 Å². The molecule has 1 aromatic rings. The van der Waals surface area contributed by atoms with E-state index in [2.05, 4.69) is 15.9 Å². The highest BCUT2D eigenvalue weighted by Gasteiger charge is 2.30. The van der Waals surface area contributed by atoms with E-state index in [1.54, 1.807) is 13.8 Å². The Morgan fingerprint density at radius 2 is 2.10 bits per heavy atom. The van der Waals surface area contributed by atoms with E-state index in [1.807, 2.05) is 0 Å². The lowest BCUT2D eigenvalue weighted by Crippen LogP contribution is -2.41. The van der Waals surface area contributed by atoms with Gasteiger partial charge in [0.15, 0.2) is 0 Å². The molecule has 8 heteroatoms. The molecule has 20 heavy (non-hydrogen) atoms. The van der Waals surface area contributed by atoms with E-state index in [0.717, 1.165) is 12.1 Å². The number of halogens is 2. The molecule has 1 unspecified atom stereocenters. The number of nitrogens with zero attached hydrogens (tertiary/aromatic N) is 1. The molecule has 1 atom stereocenters. The van der Waals surface area contributed by atoms with Gasteiger partial charge < -0.3 is 10.5 Å². The predicted octanol–water partition coefficient (Wildman–Crippen LogP) is 2.22. The van der Waals surface area contributed by atoms with Gasteiger partial charge in [0.2, 0.25) is 10.0 Å². The number of benzene rings is 1. The predicted molar refractivity (Wildman–Crippen MR) is 79.4 cm³/mol. The standard InChI is InChI=1S/C12H18BrFN2O3S/c1-4-16(8(2)7-19-3)20(17,18)12-6-11(15)9(13)5-10(12)14/h5-6,8H,4,7,15H2,1-3H3. The summed E-state index contributed by atoms with van der Waals surface area (Å²) >= 11 is 3.06. The third-order valence-electron chi connectivity index (χ3n) is 2.85. The van der Waals surface area contributed by atoms with E-state index in [1.165, 1.54) is 11.4 Å². The maximum absolute atomic E-state index is 13.9. The number of likely N-dealkylation sites (N-methyl/N-ethyl adjacent to an activating group) is 1. The molecule has 114 valence electrons. The molecule has 0 aromatic heterocycles. The van der Waals surface area contributed by atoms with Gasteiger partial charge in [-0.05, 0) is 35.0 Å². The Balaban J connectivity index is 3.31. The minimum absolute atomic E-state index is 0.167. The fourth-order valence-corrected chi connectivity index (χ4v) is 3.94. The molecule has 0 aliphatic carbocycles. The molecule has 1 aromatic carbocycles. The van der Waals surface area contributed by atoms with Crippen molar-refractivity contribution in [3.63, 3.8) is 0 Å². The Hall–Kier alpha value is -0.700. The molecule has 5 nitrogen and oxygen atoms in total. The average Bonchev–Trinajstić information content (AvgIpc) is 2.34. The molecule has 0 saturated carbocycles. The molecule has 0 aliphatic rings. The van der Waals surface area contributed by atoms with Crippen molar-refractivity contribution < 1.29 is 17.5 Å². The summed E-state index contributed by atoms with van der Waals surface area (Å²) in [6, 6.07) is 1.77. The van der Waals surface area contributed by atoms with Crippen LogP contribution in [0.1, 0.15) is 13.8 Å². The Kier molecular flexibility index (Phi) is 5.93. The van der Waals surface area contributed by atoms with Crippen LogP contribution in [-0.2, 0) is 14.8 Å². The molecular weight excluding hydrogens is 351 g/mol. The smallest absolute Gasteiger partial charge is 0.246 e. The third-order valence-corrected chi connectivity index (χ3v) is 5.64. The first-order valence-corrected chi connectivity index (χ1v) is 8.24. The second-order valence-corrected chi connectivity index (χ2v) is 7.03. The van der Waals surface area contributed by atoms with Crippen molar-refractivity contribution in [3.8, 4) is 0 Å². The first-order chi connectivity index (χ1) is 9.25. The number of nitrogen functional groups attached to an aromatic ring is 1. The molecule has 0 radical (unpaired) electrons. The second kappa shape index (κ2) is 6.84. The Morgan fingerprint density at radius 3 is 2.60 bits per heavy atom. The topological polar surface area (TPSA) is 72.6 Å². The van der Waals surface area contributed by atoms with Crippen molar-refractivity contribution in [1.29, 1.82) is 0 Å². The van der Waals surface area contributed by atoms with Gasteiger partial charge in [-0.2, -0.15) is 4.31 Å². The number of sulfonamides is 1. The molecule has 0 fully saturated rings. The molecule has 0 heterocycles. The number of ether oxygens (including phenoxy) is 1. The van der Waals surface area contributed by atoms with Crippen molar-refractivity contribution in [2.45, 2.75) is 24.8 Å². The Morgan fingerprint density at radius 1 is 1.50 bits per heavy atom. The maximum Gasteiger partial charge on any atom is 0.246 e. The first kappa shape index (κ1) is 17.4. The second-order valence-electron chi connectivity index (χ2n) is 4.32. The van der Waals surface area contributed by atoms with Crippen LogP contribution in [-0.4, -0.2) is 39.0 Å². The van der Waals surface area contributed by atoms with E-state index < -0.39 is 26.8 Å². The van der Waals surface area contributed by atoms with Gasteiger partial charge in [-0.3, -0.25) is 0 Å². The fourth-order valence-electron chi connectivity index (χ4n) is 1.91. The number of rotatable bonds is 6. The van der Waals surface area contributed by atoms with E-state index in [9.17, 15) is 12.8 Å². The van der Waals surface area contributed by atoms with Crippen LogP contribution in [0, 0.1) is 5.82 Å². The zero-order chi connectivity index (χ0) is 15.5. The van der Waals surface area contributed by atoms with Crippen LogP contribution < -0.4 is 5.73 Å². The van der Waals surface area contributed by atoms with Crippen molar-refractivity contribution in [1.82, 2.24) is 4.31 Å². The molecule has 1 rings (SSSR count). The van der Waals surface area contributed by atoms with Crippen LogP contribution in [0.25, 0.3) is 0 Å². The summed E-state index contributed by atoms with van der Waals surface area (Å²) in [5.74, 6) is -0.839. The zero-order valence-corrected chi connectivity index (χ0v) is 14.0. The molecule has 0 bridgehead atoms. The number of hydrogen-bond donors (Lipinski definition) is 1.